The van der Waals surface area contributed by atoms with Crippen LogP contribution in [0.25, 0.3) is 0 Å². The molecule has 2 saturated carbocycles. The Morgan fingerprint density at radius 2 is 1.85 bits per heavy atom. The first-order valence-corrected chi connectivity index (χ1v) is 9.77. The molecule has 3 N–H and O–H groups in total. The van der Waals surface area contributed by atoms with E-state index >= 15 is 0 Å². The fraction of sp³-hybridized carbons (Fsp3) is 0.778. The van der Waals surface area contributed by atoms with Crippen molar-refractivity contribution in [2.24, 2.45) is 0 Å². The van der Waals surface area contributed by atoms with E-state index in [1.165, 1.54) is 0 Å². The van der Waals surface area contributed by atoms with Gasteiger partial charge in [-0.15, -0.1) is 0 Å². The molecule has 2 aliphatic carbocycles. The number of aromatic nitrogens is 2. The summed E-state index contributed by atoms with van der Waals surface area (Å²) in [6.07, 6.45) is 5.26. The molecule has 0 spiro atoms. The highest BCUT2D eigenvalue weighted by Gasteiger charge is 2.35. The van der Waals surface area contributed by atoms with Crippen LogP contribution in [0.15, 0.2) is 4.52 Å². The predicted octanol–water partition coefficient (Wildman–Crippen LogP) is 1.64. The van der Waals surface area contributed by atoms with E-state index in [0.29, 0.717) is 18.3 Å². The molecule has 9 nitrogen and oxygen atoms in total. The molecular weight excluding hydrogens is 350 g/mol. The standard InChI is InChI=1S/C18H29N5O4/c1-3-23(10-16(24)25)15-8-14(9-15)21-18(26)20-13-6-4-12(5-7-13)17-19-11(2)22-27-17/h12-15H,3-10H2,1-2H3,(H,24,25)(H2,20,21,26). The molecule has 2 aliphatic rings. The Hall–Kier alpha value is -2.16. The molecule has 1 aromatic rings. The summed E-state index contributed by atoms with van der Waals surface area (Å²) >= 11 is 0. The number of carboxylic acids is 1. The first kappa shape index (κ1) is 19.6. The van der Waals surface area contributed by atoms with E-state index in [2.05, 4.69) is 20.8 Å². The summed E-state index contributed by atoms with van der Waals surface area (Å²) in [6, 6.07) is 0.400. The molecule has 0 aliphatic heterocycles. The van der Waals surface area contributed by atoms with E-state index < -0.39 is 5.97 Å². The zero-order valence-corrected chi connectivity index (χ0v) is 16.0. The normalized spacial score (nSPS) is 27.8. The molecule has 0 atom stereocenters. The third-order valence-corrected chi connectivity index (χ3v) is 5.66. The van der Waals surface area contributed by atoms with Crippen molar-refractivity contribution < 1.29 is 19.2 Å². The lowest BCUT2D eigenvalue weighted by molar-refractivity contribution is -0.139. The van der Waals surface area contributed by atoms with Crippen molar-refractivity contribution in [2.45, 2.75) is 76.4 Å². The van der Waals surface area contributed by atoms with Crippen molar-refractivity contribution in [3.63, 3.8) is 0 Å². The van der Waals surface area contributed by atoms with Gasteiger partial charge in [0.05, 0.1) is 6.54 Å². The molecule has 0 saturated heterocycles. The van der Waals surface area contributed by atoms with Crippen molar-refractivity contribution >= 4 is 12.0 Å². The summed E-state index contributed by atoms with van der Waals surface area (Å²) in [4.78, 5) is 29.3. The minimum atomic E-state index is -0.808. The molecule has 150 valence electrons. The van der Waals surface area contributed by atoms with Crippen LogP contribution in [-0.2, 0) is 4.79 Å². The number of aliphatic carboxylic acids is 1. The smallest absolute Gasteiger partial charge is 0.317 e. The molecule has 27 heavy (non-hydrogen) atoms. The molecule has 0 unspecified atom stereocenters. The Kier molecular flexibility index (Phi) is 6.30. The largest absolute Gasteiger partial charge is 0.480 e. The van der Waals surface area contributed by atoms with Gasteiger partial charge in [0.25, 0.3) is 0 Å². The van der Waals surface area contributed by atoms with Gasteiger partial charge in [-0.05, 0) is 52.0 Å². The van der Waals surface area contributed by atoms with Gasteiger partial charge in [-0.3, -0.25) is 9.69 Å². The number of carboxylic acid groups (broad SMARTS) is 1. The van der Waals surface area contributed by atoms with Crippen LogP contribution in [0.2, 0.25) is 0 Å². The predicted molar refractivity (Wildman–Crippen MR) is 97.4 cm³/mol. The zero-order chi connectivity index (χ0) is 19.4. The minimum absolute atomic E-state index is 0.0584. The Morgan fingerprint density at radius 3 is 2.41 bits per heavy atom. The van der Waals surface area contributed by atoms with Gasteiger partial charge in [-0.25, -0.2) is 4.79 Å². The molecule has 9 heteroatoms. The number of nitrogens with one attached hydrogen (secondary N) is 2. The van der Waals surface area contributed by atoms with Crippen molar-refractivity contribution in [3.05, 3.63) is 11.7 Å². The molecule has 0 radical (unpaired) electrons. The zero-order valence-electron chi connectivity index (χ0n) is 16.0. The number of carbonyl (C=O) groups excluding carboxylic acids is 1. The summed E-state index contributed by atoms with van der Waals surface area (Å²) in [6.45, 7) is 4.54. The highest BCUT2D eigenvalue weighted by atomic mass is 16.5. The summed E-state index contributed by atoms with van der Waals surface area (Å²) in [7, 11) is 0. The topological polar surface area (TPSA) is 121 Å². The van der Waals surface area contributed by atoms with Gasteiger partial charge in [-0.1, -0.05) is 12.1 Å². The second-order valence-electron chi connectivity index (χ2n) is 7.63. The van der Waals surface area contributed by atoms with Gasteiger partial charge >= 0.3 is 12.0 Å². The third-order valence-electron chi connectivity index (χ3n) is 5.66. The van der Waals surface area contributed by atoms with Crippen LogP contribution < -0.4 is 10.6 Å². The number of urea groups is 1. The van der Waals surface area contributed by atoms with E-state index in [1.54, 1.807) is 0 Å². The molecule has 3 rings (SSSR count). The van der Waals surface area contributed by atoms with Crippen molar-refractivity contribution in [3.8, 4) is 0 Å². The molecule has 2 fully saturated rings. The molecule has 1 heterocycles. The minimum Gasteiger partial charge on any atom is -0.480 e. The van der Waals surface area contributed by atoms with Gasteiger partial charge in [0, 0.05) is 24.0 Å². The van der Waals surface area contributed by atoms with E-state index in [9.17, 15) is 9.59 Å². The number of nitrogens with zero attached hydrogens (tertiary/aromatic N) is 3. The van der Waals surface area contributed by atoms with Gasteiger partial charge < -0.3 is 20.3 Å². The third kappa shape index (κ3) is 5.18. The molecule has 0 bridgehead atoms. The van der Waals surface area contributed by atoms with Crippen LogP contribution in [0.3, 0.4) is 0 Å². The number of likely N-dealkylation sites (N-methyl/N-ethyl adjacent to an activating group) is 1. The number of aryl methyl sites for hydroxylation is 1. The number of rotatable bonds is 7. The van der Waals surface area contributed by atoms with E-state index in [0.717, 1.165) is 38.5 Å². The molecular formula is C18H29N5O4. The molecule has 2 amide bonds. The second kappa shape index (κ2) is 8.69. The van der Waals surface area contributed by atoms with E-state index in [1.807, 2.05) is 18.7 Å². The van der Waals surface area contributed by atoms with Gasteiger partial charge in [0.2, 0.25) is 5.89 Å². The van der Waals surface area contributed by atoms with Crippen LogP contribution in [0, 0.1) is 6.92 Å². The maximum Gasteiger partial charge on any atom is 0.317 e. The first-order valence-electron chi connectivity index (χ1n) is 9.77. The maximum atomic E-state index is 12.2. The Labute approximate surface area is 158 Å². The average Bonchev–Trinajstić information content (AvgIpc) is 3.03. The van der Waals surface area contributed by atoms with Gasteiger partial charge in [0.15, 0.2) is 5.82 Å². The monoisotopic (exact) mass is 379 g/mol. The van der Waals surface area contributed by atoms with Crippen LogP contribution in [0.5, 0.6) is 0 Å². The van der Waals surface area contributed by atoms with Gasteiger partial charge in [0.1, 0.15) is 0 Å². The highest BCUT2D eigenvalue weighted by molar-refractivity contribution is 5.74. The number of amides is 2. The number of carbonyl (C=O) groups is 2. The van der Waals surface area contributed by atoms with Gasteiger partial charge in [-0.2, -0.15) is 4.98 Å². The summed E-state index contributed by atoms with van der Waals surface area (Å²) in [5, 5.41) is 18.8. The fourth-order valence-electron chi connectivity index (χ4n) is 4.05. The number of hydrogen-bond acceptors (Lipinski definition) is 6. The lowest BCUT2D eigenvalue weighted by Gasteiger charge is -2.42. The molecule has 1 aromatic heterocycles. The Bertz CT molecular complexity index is 650. The van der Waals surface area contributed by atoms with Crippen LogP contribution in [0.4, 0.5) is 4.79 Å². The average molecular weight is 379 g/mol. The van der Waals surface area contributed by atoms with Crippen LogP contribution in [0.1, 0.15) is 63.1 Å². The fourth-order valence-corrected chi connectivity index (χ4v) is 4.05. The summed E-state index contributed by atoms with van der Waals surface area (Å²) in [5.41, 5.74) is 0. The summed E-state index contributed by atoms with van der Waals surface area (Å²) in [5.74, 6) is 0.845. The lowest BCUT2D eigenvalue weighted by atomic mass is 9.85. The Balaban J connectivity index is 1.34. The van der Waals surface area contributed by atoms with Crippen molar-refractivity contribution in [1.29, 1.82) is 0 Å². The van der Waals surface area contributed by atoms with Crippen LogP contribution in [-0.4, -0.2) is 63.4 Å². The quantitative estimate of drug-likeness (QED) is 0.658. The van der Waals surface area contributed by atoms with E-state index in [-0.39, 0.29) is 36.6 Å². The first-order chi connectivity index (χ1) is 12.9. The maximum absolute atomic E-state index is 12.2. The van der Waals surface area contributed by atoms with Crippen molar-refractivity contribution in [1.82, 2.24) is 25.7 Å². The Morgan fingerprint density at radius 1 is 1.19 bits per heavy atom. The number of hydrogen-bond donors (Lipinski definition) is 3. The lowest BCUT2D eigenvalue weighted by Crippen LogP contribution is -2.57. The summed E-state index contributed by atoms with van der Waals surface area (Å²) < 4.78 is 5.26. The highest BCUT2D eigenvalue weighted by Crippen LogP contribution is 2.32. The van der Waals surface area contributed by atoms with Crippen molar-refractivity contribution in [2.75, 3.05) is 13.1 Å². The second-order valence-corrected chi connectivity index (χ2v) is 7.63. The molecule has 0 aromatic carbocycles. The van der Waals surface area contributed by atoms with E-state index in [4.69, 9.17) is 9.63 Å². The van der Waals surface area contributed by atoms with Crippen LogP contribution >= 0.6 is 0 Å². The SMILES string of the molecule is CCN(CC(=O)O)C1CC(NC(=O)NC2CCC(c3nc(C)no3)CC2)C1.